The number of anilines is 1. The summed E-state index contributed by atoms with van der Waals surface area (Å²) in [4.78, 5) is 24.7. The highest BCUT2D eigenvalue weighted by Crippen LogP contribution is 2.28. The fourth-order valence-electron chi connectivity index (χ4n) is 2.66. The fourth-order valence-corrected chi connectivity index (χ4v) is 2.66. The number of benzene rings is 2. The molecule has 0 spiro atoms. The van der Waals surface area contributed by atoms with Crippen LogP contribution in [0.25, 0.3) is 11.0 Å². The van der Waals surface area contributed by atoms with Crippen LogP contribution in [0.3, 0.4) is 0 Å². The molecule has 0 aliphatic heterocycles. The summed E-state index contributed by atoms with van der Waals surface area (Å²) in [5.41, 5.74) is 0.662. The first-order chi connectivity index (χ1) is 13.8. The van der Waals surface area contributed by atoms with Gasteiger partial charge in [-0.1, -0.05) is 12.1 Å². The summed E-state index contributed by atoms with van der Waals surface area (Å²) >= 11 is 0. The first-order valence-corrected chi connectivity index (χ1v) is 8.50. The zero-order chi connectivity index (χ0) is 21.1. The largest absolute Gasteiger partial charge is 0.449 e. The predicted octanol–water partition coefficient (Wildman–Crippen LogP) is 4.67. The molecular weight excluding hydrogens is 391 g/mol. The number of esters is 1. The van der Waals surface area contributed by atoms with E-state index in [2.05, 4.69) is 10.1 Å². The Kier molecular flexibility index (Phi) is 5.76. The third-order valence-electron chi connectivity index (χ3n) is 4.10. The quantitative estimate of drug-likeness (QED) is 0.601. The summed E-state index contributed by atoms with van der Waals surface area (Å²) in [7, 11) is 0. The number of alkyl halides is 2. The molecule has 6 nitrogen and oxygen atoms in total. The van der Waals surface area contributed by atoms with Gasteiger partial charge in [-0.2, -0.15) is 8.78 Å². The number of halogens is 3. The van der Waals surface area contributed by atoms with Gasteiger partial charge in [0.15, 0.2) is 6.10 Å². The third kappa shape index (κ3) is 4.50. The number of furan rings is 1. The van der Waals surface area contributed by atoms with Crippen LogP contribution < -0.4 is 10.1 Å². The Balaban J connectivity index is 1.72. The van der Waals surface area contributed by atoms with Gasteiger partial charge >= 0.3 is 12.6 Å². The van der Waals surface area contributed by atoms with Crippen molar-refractivity contribution < 1.29 is 36.7 Å². The number of carbonyl (C=O) groups excluding carboxylic acids is 2. The molecule has 0 aliphatic rings. The molecule has 0 bridgehead atoms. The molecule has 1 aromatic heterocycles. The van der Waals surface area contributed by atoms with E-state index in [-0.39, 0.29) is 17.2 Å². The summed E-state index contributed by atoms with van der Waals surface area (Å²) in [6.07, 6.45) is -1.27. The number of ether oxygens (including phenoxy) is 2. The number of aryl methyl sites for hydroxylation is 1. The molecule has 1 amide bonds. The number of para-hydroxylation sites is 2. The molecule has 1 atom stereocenters. The predicted molar refractivity (Wildman–Crippen MR) is 97.5 cm³/mol. The van der Waals surface area contributed by atoms with Crippen molar-refractivity contribution >= 4 is 28.5 Å². The lowest BCUT2D eigenvalue weighted by Gasteiger charge is -2.15. The van der Waals surface area contributed by atoms with E-state index >= 15 is 0 Å². The maximum Gasteiger partial charge on any atom is 0.387 e. The second-order valence-corrected chi connectivity index (χ2v) is 6.11. The molecule has 2 aromatic carbocycles. The van der Waals surface area contributed by atoms with E-state index in [1.807, 2.05) is 0 Å². The maximum absolute atomic E-state index is 13.4. The summed E-state index contributed by atoms with van der Waals surface area (Å²) in [5, 5.41) is 2.78. The van der Waals surface area contributed by atoms with Crippen LogP contribution in [0.2, 0.25) is 0 Å². The van der Waals surface area contributed by atoms with Crippen molar-refractivity contribution in [3.8, 4) is 5.75 Å². The van der Waals surface area contributed by atoms with E-state index < -0.39 is 30.4 Å². The highest BCUT2D eigenvalue weighted by atomic mass is 19.3. The van der Waals surface area contributed by atoms with Crippen molar-refractivity contribution in [3.63, 3.8) is 0 Å². The molecule has 152 valence electrons. The van der Waals surface area contributed by atoms with Crippen LogP contribution in [0, 0.1) is 12.7 Å². The summed E-state index contributed by atoms with van der Waals surface area (Å²) in [6.45, 7) is -0.198. The number of hydrogen-bond donors (Lipinski definition) is 1. The van der Waals surface area contributed by atoms with Gasteiger partial charge in [0.25, 0.3) is 5.91 Å². The lowest BCUT2D eigenvalue weighted by Crippen LogP contribution is -2.30. The van der Waals surface area contributed by atoms with Crippen LogP contribution in [0.1, 0.15) is 23.0 Å². The Labute approximate surface area is 163 Å². The van der Waals surface area contributed by atoms with Crippen LogP contribution in [0.15, 0.2) is 46.9 Å². The standard InChI is InChI=1S/C20H16F3NO5/c1-10-13-9-12(21)7-8-15(13)28-17(10)19(26)27-11(2)18(25)24-14-5-3-4-6-16(14)29-20(22)23/h3-9,11,20H,1-2H3,(H,24,25)/t11-/m0/s1. The number of carbonyl (C=O) groups is 2. The molecule has 0 radical (unpaired) electrons. The van der Waals surface area contributed by atoms with Gasteiger partial charge in [0.05, 0.1) is 5.69 Å². The van der Waals surface area contributed by atoms with Crippen molar-refractivity contribution in [2.75, 3.05) is 5.32 Å². The number of fused-ring (bicyclic) bond motifs is 1. The van der Waals surface area contributed by atoms with Gasteiger partial charge in [-0.25, -0.2) is 9.18 Å². The van der Waals surface area contributed by atoms with E-state index in [1.165, 1.54) is 49.4 Å². The molecule has 0 unspecified atom stereocenters. The van der Waals surface area contributed by atoms with E-state index in [1.54, 1.807) is 6.92 Å². The van der Waals surface area contributed by atoms with Gasteiger partial charge in [-0.05, 0) is 44.2 Å². The SMILES string of the molecule is Cc1c(C(=O)O[C@@H](C)C(=O)Nc2ccccc2OC(F)F)oc2ccc(F)cc12. The minimum Gasteiger partial charge on any atom is -0.449 e. The minimum absolute atomic E-state index is 0.00362. The van der Waals surface area contributed by atoms with Gasteiger partial charge < -0.3 is 19.2 Å². The van der Waals surface area contributed by atoms with Crippen LogP contribution in [0.5, 0.6) is 5.75 Å². The zero-order valence-electron chi connectivity index (χ0n) is 15.4. The molecular formula is C20H16F3NO5. The lowest BCUT2D eigenvalue weighted by atomic mass is 10.1. The number of nitrogens with one attached hydrogen (secondary N) is 1. The second kappa shape index (κ2) is 8.26. The first-order valence-electron chi connectivity index (χ1n) is 8.50. The highest BCUT2D eigenvalue weighted by molar-refractivity contribution is 5.99. The van der Waals surface area contributed by atoms with Gasteiger partial charge in [0.1, 0.15) is 17.1 Å². The Hall–Kier alpha value is -3.49. The van der Waals surface area contributed by atoms with E-state index in [0.29, 0.717) is 16.5 Å². The van der Waals surface area contributed by atoms with Gasteiger partial charge in [0.2, 0.25) is 5.76 Å². The van der Waals surface area contributed by atoms with Crippen molar-refractivity contribution in [2.24, 2.45) is 0 Å². The average molecular weight is 407 g/mol. The van der Waals surface area contributed by atoms with Gasteiger partial charge in [-0.15, -0.1) is 0 Å². The molecule has 0 aliphatic carbocycles. The molecule has 3 rings (SSSR count). The second-order valence-electron chi connectivity index (χ2n) is 6.11. The first kappa shape index (κ1) is 20.2. The Morgan fingerprint density at radius 1 is 1.14 bits per heavy atom. The van der Waals surface area contributed by atoms with Crippen LogP contribution in [0.4, 0.5) is 18.9 Å². The van der Waals surface area contributed by atoms with E-state index in [4.69, 9.17) is 9.15 Å². The lowest BCUT2D eigenvalue weighted by molar-refractivity contribution is -0.124. The van der Waals surface area contributed by atoms with Gasteiger partial charge in [-0.3, -0.25) is 4.79 Å². The fraction of sp³-hybridized carbons (Fsp3) is 0.200. The summed E-state index contributed by atoms with van der Waals surface area (Å²) in [6, 6.07) is 9.39. The van der Waals surface area contributed by atoms with Gasteiger partial charge in [0, 0.05) is 10.9 Å². The van der Waals surface area contributed by atoms with Crippen molar-refractivity contribution in [1.29, 1.82) is 0 Å². The number of amides is 1. The molecule has 0 saturated heterocycles. The van der Waals surface area contributed by atoms with Crippen molar-refractivity contribution in [1.82, 2.24) is 0 Å². The average Bonchev–Trinajstić information content (AvgIpc) is 2.99. The summed E-state index contributed by atoms with van der Waals surface area (Å²) < 4.78 is 53.2. The number of hydrogen-bond acceptors (Lipinski definition) is 5. The highest BCUT2D eigenvalue weighted by Gasteiger charge is 2.25. The van der Waals surface area contributed by atoms with E-state index in [9.17, 15) is 22.8 Å². The molecule has 9 heteroatoms. The Bertz CT molecular complexity index is 1060. The van der Waals surface area contributed by atoms with Crippen LogP contribution >= 0.6 is 0 Å². The van der Waals surface area contributed by atoms with E-state index in [0.717, 1.165) is 0 Å². The zero-order valence-corrected chi connectivity index (χ0v) is 15.4. The molecule has 3 aromatic rings. The summed E-state index contributed by atoms with van der Waals surface area (Å²) in [5.74, 6) is -2.56. The molecule has 29 heavy (non-hydrogen) atoms. The Morgan fingerprint density at radius 2 is 1.86 bits per heavy atom. The topological polar surface area (TPSA) is 77.8 Å². The smallest absolute Gasteiger partial charge is 0.387 e. The molecule has 0 saturated carbocycles. The van der Waals surface area contributed by atoms with Crippen LogP contribution in [-0.2, 0) is 9.53 Å². The molecule has 1 N–H and O–H groups in total. The Morgan fingerprint density at radius 3 is 2.59 bits per heavy atom. The monoisotopic (exact) mass is 407 g/mol. The number of rotatable bonds is 6. The molecule has 0 fully saturated rings. The normalized spacial score (nSPS) is 12.1. The maximum atomic E-state index is 13.4. The van der Waals surface area contributed by atoms with Crippen molar-refractivity contribution in [3.05, 3.63) is 59.6 Å². The molecule has 1 heterocycles. The third-order valence-corrected chi connectivity index (χ3v) is 4.10. The van der Waals surface area contributed by atoms with Crippen LogP contribution in [-0.4, -0.2) is 24.6 Å². The van der Waals surface area contributed by atoms with Crippen molar-refractivity contribution in [2.45, 2.75) is 26.6 Å². The minimum atomic E-state index is -3.07.